The highest BCUT2D eigenvalue weighted by Crippen LogP contribution is 2.26. The van der Waals surface area contributed by atoms with Crippen LogP contribution in [0.5, 0.6) is 11.5 Å². The second-order valence-electron chi connectivity index (χ2n) is 2.85. The maximum absolute atomic E-state index is 5.69. The standard InChI is InChI=1S/C10H8BrN3O/c11-7-3-8(5-14-4-7)15-10-1-2-13-6-9(10)12/h1-6H,12H2. The van der Waals surface area contributed by atoms with E-state index < -0.39 is 0 Å². The summed E-state index contributed by atoms with van der Waals surface area (Å²) in [5.74, 6) is 1.20. The topological polar surface area (TPSA) is 61.0 Å². The molecule has 15 heavy (non-hydrogen) atoms. The van der Waals surface area contributed by atoms with Crippen LogP contribution in [0, 0.1) is 0 Å². The molecule has 0 unspecified atom stereocenters. The predicted octanol–water partition coefficient (Wildman–Crippen LogP) is 2.61. The van der Waals surface area contributed by atoms with Gasteiger partial charge >= 0.3 is 0 Å². The van der Waals surface area contributed by atoms with Crippen molar-refractivity contribution < 1.29 is 4.74 Å². The molecule has 2 heterocycles. The third kappa shape index (κ3) is 2.44. The van der Waals surface area contributed by atoms with Crippen molar-refractivity contribution in [2.45, 2.75) is 0 Å². The molecule has 2 aromatic heterocycles. The number of hydrogen-bond acceptors (Lipinski definition) is 4. The number of pyridine rings is 2. The zero-order valence-electron chi connectivity index (χ0n) is 7.72. The van der Waals surface area contributed by atoms with Gasteiger partial charge in [-0.05, 0) is 22.0 Å². The molecule has 0 spiro atoms. The number of nitrogens with zero attached hydrogens (tertiary/aromatic N) is 2. The lowest BCUT2D eigenvalue weighted by Crippen LogP contribution is -1.92. The highest BCUT2D eigenvalue weighted by atomic mass is 79.9. The first-order valence-electron chi connectivity index (χ1n) is 4.23. The van der Waals surface area contributed by atoms with Crippen LogP contribution >= 0.6 is 15.9 Å². The fourth-order valence-corrected chi connectivity index (χ4v) is 1.41. The Hall–Kier alpha value is -1.62. The molecule has 0 saturated carbocycles. The van der Waals surface area contributed by atoms with Crippen molar-refractivity contribution in [1.82, 2.24) is 9.97 Å². The van der Waals surface area contributed by atoms with Gasteiger partial charge in [-0.3, -0.25) is 9.97 Å². The second kappa shape index (κ2) is 4.27. The minimum absolute atomic E-state index is 0.498. The average Bonchev–Trinajstić information content (AvgIpc) is 2.22. The van der Waals surface area contributed by atoms with E-state index in [1.807, 2.05) is 6.07 Å². The quantitative estimate of drug-likeness (QED) is 0.907. The van der Waals surface area contributed by atoms with E-state index >= 15 is 0 Å². The predicted molar refractivity (Wildman–Crippen MR) is 60.7 cm³/mol. The summed E-state index contributed by atoms with van der Waals surface area (Å²) >= 11 is 3.31. The lowest BCUT2D eigenvalue weighted by Gasteiger charge is -2.06. The van der Waals surface area contributed by atoms with Gasteiger partial charge in [-0.15, -0.1) is 0 Å². The number of ether oxygens (including phenoxy) is 1. The fraction of sp³-hybridized carbons (Fsp3) is 0. The van der Waals surface area contributed by atoms with Gasteiger partial charge in [-0.2, -0.15) is 0 Å². The van der Waals surface area contributed by atoms with Crippen LogP contribution in [0.3, 0.4) is 0 Å². The summed E-state index contributed by atoms with van der Waals surface area (Å²) in [6.45, 7) is 0. The Kier molecular flexibility index (Phi) is 2.82. The summed E-state index contributed by atoms with van der Waals surface area (Å²) in [5.41, 5.74) is 6.18. The molecule has 2 aromatic rings. The Bertz CT molecular complexity index is 476. The van der Waals surface area contributed by atoms with Crippen LogP contribution in [0.1, 0.15) is 0 Å². The first-order chi connectivity index (χ1) is 7.25. The SMILES string of the molecule is Nc1cnccc1Oc1cncc(Br)c1. The van der Waals surface area contributed by atoms with E-state index in [0.717, 1.165) is 4.47 Å². The largest absolute Gasteiger partial charge is 0.453 e. The number of aromatic nitrogens is 2. The molecule has 0 atom stereocenters. The zero-order valence-corrected chi connectivity index (χ0v) is 9.31. The van der Waals surface area contributed by atoms with Crippen LogP contribution in [-0.4, -0.2) is 9.97 Å². The van der Waals surface area contributed by atoms with E-state index in [-0.39, 0.29) is 0 Å². The number of halogens is 1. The van der Waals surface area contributed by atoms with Crippen LogP contribution in [-0.2, 0) is 0 Å². The molecule has 5 heteroatoms. The monoisotopic (exact) mass is 265 g/mol. The Labute approximate surface area is 95.2 Å². The summed E-state index contributed by atoms with van der Waals surface area (Å²) < 4.78 is 6.39. The lowest BCUT2D eigenvalue weighted by atomic mass is 10.4. The molecule has 0 aliphatic rings. The molecular formula is C10H8BrN3O. The third-order valence-electron chi connectivity index (χ3n) is 1.72. The van der Waals surface area contributed by atoms with Crippen molar-refractivity contribution in [2.24, 2.45) is 0 Å². The molecule has 0 amide bonds. The van der Waals surface area contributed by atoms with Crippen LogP contribution in [0.2, 0.25) is 0 Å². The molecule has 0 aliphatic heterocycles. The van der Waals surface area contributed by atoms with Gasteiger partial charge in [0, 0.05) is 22.9 Å². The minimum Gasteiger partial charge on any atom is -0.453 e. The lowest BCUT2D eigenvalue weighted by molar-refractivity contribution is 0.481. The van der Waals surface area contributed by atoms with E-state index in [2.05, 4.69) is 25.9 Å². The molecule has 2 rings (SSSR count). The molecule has 0 radical (unpaired) electrons. The van der Waals surface area contributed by atoms with Gasteiger partial charge in [-0.1, -0.05) is 0 Å². The molecule has 4 nitrogen and oxygen atoms in total. The number of anilines is 1. The molecule has 0 fully saturated rings. The summed E-state index contributed by atoms with van der Waals surface area (Å²) in [6, 6.07) is 3.52. The second-order valence-corrected chi connectivity index (χ2v) is 3.77. The Morgan fingerprint density at radius 3 is 2.80 bits per heavy atom. The van der Waals surface area contributed by atoms with E-state index in [1.165, 1.54) is 0 Å². The highest BCUT2D eigenvalue weighted by Gasteiger charge is 2.01. The van der Waals surface area contributed by atoms with Crippen molar-refractivity contribution in [3.05, 3.63) is 41.4 Å². The molecule has 0 saturated heterocycles. The first-order valence-corrected chi connectivity index (χ1v) is 5.03. The van der Waals surface area contributed by atoms with Crippen molar-refractivity contribution in [3.63, 3.8) is 0 Å². The summed E-state index contributed by atoms with van der Waals surface area (Å²) in [5, 5.41) is 0. The van der Waals surface area contributed by atoms with Gasteiger partial charge in [-0.25, -0.2) is 0 Å². The average molecular weight is 266 g/mol. The summed E-state index contributed by atoms with van der Waals surface area (Å²) in [7, 11) is 0. The molecule has 0 aliphatic carbocycles. The maximum atomic E-state index is 5.69. The third-order valence-corrected chi connectivity index (χ3v) is 2.15. The number of nitrogen functional groups attached to an aromatic ring is 1. The van der Waals surface area contributed by atoms with E-state index in [0.29, 0.717) is 17.2 Å². The Morgan fingerprint density at radius 1 is 1.20 bits per heavy atom. The van der Waals surface area contributed by atoms with Crippen LogP contribution in [0.15, 0.2) is 41.4 Å². The highest BCUT2D eigenvalue weighted by molar-refractivity contribution is 9.10. The van der Waals surface area contributed by atoms with Gasteiger partial charge < -0.3 is 10.5 Å². The van der Waals surface area contributed by atoms with Gasteiger partial charge in [0.25, 0.3) is 0 Å². The number of hydrogen-bond donors (Lipinski definition) is 1. The molecule has 2 N–H and O–H groups in total. The maximum Gasteiger partial charge on any atom is 0.153 e. The van der Waals surface area contributed by atoms with Gasteiger partial charge in [0.1, 0.15) is 5.75 Å². The van der Waals surface area contributed by atoms with Gasteiger partial charge in [0.2, 0.25) is 0 Å². The van der Waals surface area contributed by atoms with Crippen molar-refractivity contribution in [1.29, 1.82) is 0 Å². The van der Waals surface area contributed by atoms with Crippen molar-refractivity contribution >= 4 is 21.6 Å². The molecule has 0 aromatic carbocycles. The Balaban J connectivity index is 2.26. The fourth-order valence-electron chi connectivity index (χ4n) is 1.06. The molecular weight excluding hydrogens is 258 g/mol. The molecule has 76 valence electrons. The van der Waals surface area contributed by atoms with Crippen molar-refractivity contribution in [2.75, 3.05) is 5.73 Å². The minimum atomic E-state index is 0.498. The smallest absolute Gasteiger partial charge is 0.153 e. The number of rotatable bonds is 2. The van der Waals surface area contributed by atoms with Crippen molar-refractivity contribution in [3.8, 4) is 11.5 Å². The Morgan fingerprint density at radius 2 is 2.07 bits per heavy atom. The van der Waals surface area contributed by atoms with Crippen LogP contribution < -0.4 is 10.5 Å². The zero-order chi connectivity index (χ0) is 10.7. The van der Waals surface area contributed by atoms with E-state index in [4.69, 9.17) is 10.5 Å². The summed E-state index contributed by atoms with van der Waals surface area (Å²) in [4.78, 5) is 7.86. The summed E-state index contributed by atoms with van der Waals surface area (Å²) in [6.07, 6.45) is 6.46. The van der Waals surface area contributed by atoms with Crippen LogP contribution in [0.25, 0.3) is 0 Å². The van der Waals surface area contributed by atoms with E-state index in [9.17, 15) is 0 Å². The van der Waals surface area contributed by atoms with E-state index in [1.54, 1.807) is 30.9 Å². The normalized spacial score (nSPS) is 9.93. The molecule has 0 bridgehead atoms. The van der Waals surface area contributed by atoms with Gasteiger partial charge in [0.05, 0.1) is 18.1 Å². The first kappa shape index (κ1) is 9.92. The number of nitrogens with two attached hydrogens (primary N) is 1. The van der Waals surface area contributed by atoms with Gasteiger partial charge in [0.15, 0.2) is 5.75 Å². The van der Waals surface area contributed by atoms with Crippen LogP contribution in [0.4, 0.5) is 5.69 Å².